The van der Waals surface area contributed by atoms with Crippen molar-refractivity contribution in [3.05, 3.63) is 76.6 Å². The highest BCUT2D eigenvalue weighted by molar-refractivity contribution is 7.99. The molecule has 4 N–H and O–H groups in total. The number of carbonyl (C=O) groups is 2. The molecular formula is C28H30ClFN4O3S. The minimum Gasteiger partial charge on any atom is -0.444 e. The van der Waals surface area contributed by atoms with Gasteiger partial charge in [-0.15, -0.1) is 11.8 Å². The van der Waals surface area contributed by atoms with Crippen LogP contribution in [-0.2, 0) is 16.1 Å². The third kappa shape index (κ3) is 6.06. The summed E-state index contributed by atoms with van der Waals surface area (Å²) in [6.07, 6.45) is -0.694. The Morgan fingerprint density at radius 1 is 1.18 bits per heavy atom. The number of rotatable bonds is 5. The Morgan fingerprint density at radius 3 is 2.53 bits per heavy atom. The molecule has 0 radical (unpaired) electrons. The summed E-state index contributed by atoms with van der Waals surface area (Å²) in [6.45, 7) is 7.13. The van der Waals surface area contributed by atoms with E-state index in [9.17, 15) is 9.59 Å². The molecule has 4 rings (SSSR count). The number of fused-ring (bicyclic) bond motifs is 1. The number of nitrogens with two attached hydrogens (primary N) is 1. The number of thioether (sulfide) groups is 1. The maximum absolute atomic E-state index is 15.8. The lowest BCUT2D eigenvalue weighted by atomic mass is 9.99. The molecule has 1 atom stereocenters. The summed E-state index contributed by atoms with van der Waals surface area (Å²) >= 11 is 7.39. The average molecular weight is 557 g/mol. The van der Waals surface area contributed by atoms with Crippen LogP contribution in [0.3, 0.4) is 0 Å². The molecule has 0 unspecified atom stereocenters. The summed E-state index contributed by atoms with van der Waals surface area (Å²) in [5.74, 6) is 5.18. The molecule has 3 aromatic rings. The number of carbonyl (C=O) groups excluding carboxylic acids is 2. The SMILES string of the molecule is Cc1c(F)c(-c2ccccc2NN)cc2c1SC[C@H](NC(=O)OC(C)(C)C)C(=O)N2Cc1ccc(Cl)cc1. The molecule has 3 aromatic carbocycles. The van der Waals surface area contributed by atoms with Gasteiger partial charge in [0.1, 0.15) is 17.5 Å². The molecule has 1 heterocycles. The first-order valence-electron chi connectivity index (χ1n) is 12.1. The van der Waals surface area contributed by atoms with Crippen LogP contribution >= 0.6 is 23.4 Å². The van der Waals surface area contributed by atoms with Gasteiger partial charge in [0, 0.05) is 32.4 Å². The number of nitrogens with one attached hydrogen (secondary N) is 2. The van der Waals surface area contributed by atoms with Gasteiger partial charge in [-0.1, -0.05) is 41.9 Å². The fourth-order valence-corrected chi connectivity index (χ4v) is 5.52. The summed E-state index contributed by atoms with van der Waals surface area (Å²) in [7, 11) is 0. The van der Waals surface area contributed by atoms with Gasteiger partial charge in [0.05, 0.1) is 17.9 Å². The van der Waals surface area contributed by atoms with Crippen LogP contribution in [0.25, 0.3) is 11.1 Å². The van der Waals surface area contributed by atoms with E-state index in [0.29, 0.717) is 38.0 Å². The van der Waals surface area contributed by atoms with Crippen LogP contribution < -0.4 is 21.5 Å². The molecule has 2 amide bonds. The first kappa shape index (κ1) is 27.8. The Balaban J connectivity index is 1.82. The highest BCUT2D eigenvalue weighted by Gasteiger charge is 2.35. The number of para-hydroxylation sites is 1. The molecule has 0 aromatic heterocycles. The van der Waals surface area contributed by atoms with E-state index in [2.05, 4.69) is 10.7 Å². The molecule has 0 aliphatic carbocycles. The number of benzene rings is 3. The van der Waals surface area contributed by atoms with E-state index >= 15 is 4.39 Å². The lowest BCUT2D eigenvalue weighted by Crippen LogP contribution is -2.50. The number of halogens is 2. The van der Waals surface area contributed by atoms with E-state index in [0.717, 1.165) is 5.56 Å². The minimum absolute atomic E-state index is 0.192. The number of alkyl carbamates (subject to hydrolysis) is 1. The molecular weight excluding hydrogens is 527 g/mol. The highest BCUT2D eigenvalue weighted by atomic mass is 35.5. The number of hydrogen-bond donors (Lipinski definition) is 3. The molecule has 10 heteroatoms. The molecule has 200 valence electrons. The predicted molar refractivity (Wildman–Crippen MR) is 151 cm³/mol. The Kier molecular flexibility index (Phi) is 8.20. The summed E-state index contributed by atoms with van der Waals surface area (Å²) in [5, 5.41) is 3.28. The van der Waals surface area contributed by atoms with Gasteiger partial charge in [-0.2, -0.15) is 0 Å². The topological polar surface area (TPSA) is 96.7 Å². The number of ether oxygens (including phenoxy) is 1. The molecule has 0 bridgehead atoms. The van der Waals surface area contributed by atoms with Crippen LogP contribution in [0, 0.1) is 12.7 Å². The van der Waals surface area contributed by atoms with Crippen molar-refractivity contribution < 1.29 is 18.7 Å². The molecule has 7 nitrogen and oxygen atoms in total. The Bertz CT molecular complexity index is 1360. The number of anilines is 2. The second kappa shape index (κ2) is 11.2. The van der Waals surface area contributed by atoms with E-state index in [1.165, 1.54) is 11.8 Å². The first-order chi connectivity index (χ1) is 18.0. The second-order valence-electron chi connectivity index (χ2n) is 9.96. The largest absolute Gasteiger partial charge is 0.444 e. The average Bonchev–Trinajstić information content (AvgIpc) is 2.98. The minimum atomic E-state index is -0.890. The maximum atomic E-state index is 15.8. The van der Waals surface area contributed by atoms with E-state index in [4.69, 9.17) is 22.2 Å². The predicted octanol–water partition coefficient (Wildman–Crippen LogP) is 6.27. The molecule has 0 fully saturated rings. The van der Waals surface area contributed by atoms with Crippen molar-refractivity contribution in [2.24, 2.45) is 5.84 Å². The summed E-state index contributed by atoms with van der Waals surface area (Å²) in [4.78, 5) is 28.7. The van der Waals surface area contributed by atoms with Crippen LogP contribution in [0.4, 0.5) is 20.6 Å². The van der Waals surface area contributed by atoms with Gasteiger partial charge in [-0.05, 0) is 57.5 Å². The lowest BCUT2D eigenvalue weighted by Gasteiger charge is -2.28. The number of nitrogen functional groups attached to an aromatic ring is 1. The van der Waals surface area contributed by atoms with Crippen molar-refractivity contribution in [1.29, 1.82) is 0 Å². The zero-order chi connectivity index (χ0) is 27.6. The van der Waals surface area contributed by atoms with Crippen LogP contribution in [-0.4, -0.2) is 29.4 Å². The Labute approximate surface area is 230 Å². The maximum Gasteiger partial charge on any atom is 0.408 e. The molecule has 38 heavy (non-hydrogen) atoms. The summed E-state index contributed by atoms with van der Waals surface area (Å²) in [5.41, 5.74) is 5.09. The molecule has 0 saturated carbocycles. The van der Waals surface area contributed by atoms with Crippen molar-refractivity contribution in [3.63, 3.8) is 0 Å². The fourth-order valence-electron chi connectivity index (χ4n) is 4.22. The van der Waals surface area contributed by atoms with Gasteiger partial charge < -0.3 is 20.4 Å². The Morgan fingerprint density at radius 2 is 1.87 bits per heavy atom. The van der Waals surface area contributed by atoms with E-state index < -0.39 is 23.6 Å². The zero-order valence-corrected chi connectivity index (χ0v) is 23.2. The van der Waals surface area contributed by atoms with Gasteiger partial charge in [0.15, 0.2) is 0 Å². The van der Waals surface area contributed by atoms with Crippen LogP contribution in [0.15, 0.2) is 59.5 Å². The molecule has 1 aliphatic heterocycles. The van der Waals surface area contributed by atoms with E-state index in [-0.39, 0.29) is 18.2 Å². The lowest BCUT2D eigenvalue weighted by molar-refractivity contribution is -0.120. The summed E-state index contributed by atoms with van der Waals surface area (Å²) < 4.78 is 21.2. The summed E-state index contributed by atoms with van der Waals surface area (Å²) in [6, 6.07) is 15.0. The van der Waals surface area contributed by atoms with E-state index in [1.807, 2.05) is 12.1 Å². The quantitative estimate of drug-likeness (QED) is 0.253. The first-order valence-corrected chi connectivity index (χ1v) is 13.4. The van der Waals surface area contributed by atoms with Crippen molar-refractivity contribution in [1.82, 2.24) is 5.32 Å². The fraction of sp³-hybridized carbons (Fsp3) is 0.286. The van der Waals surface area contributed by atoms with Crippen LogP contribution in [0.1, 0.15) is 31.9 Å². The highest BCUT2D eigenvalue weighted by Crippen LogP contribution is 2.43. The smallest absolute Gasteiger partial charge is 0.408 e. The van der Waals surface area contributed by atoms with Crippen molar-refractivity contribution >= 4 is 46.7 Å². The van der Waals surface area contributed by atoms with Crippen LogP contribution in [0.5, 0.6) is 0 Å². The number of hydrogen-bond acceptors (Lipinski definition) is 6. The third-order valence-corrected chi connectivity index (χ3v) is 7.54. The van der Waals surface area contributed by atoms with Gasteiger partial charge in [0.2, 0.25) is 0 Å². The third-order valence-electron chi connectivity index (χ3n) is 5.99. The molecule has 0 saturated heterocycles. The van der Waals surface area contributed by atoms with Gasteiger partial charge >= 0.3 is 6.09 Å². The van der Waals surface area contributed by atoms with Crippen molar-refractivity contribution in [2.45, 2.75) is 50.8 Å². The van der Waals surface area contributed by atoms with Crippen molar-refractivity contribution in [3.8, 4) is 11.1 Å². The second-order valence-corrected chi connectivity index (χ2v) is 11.4. The number of amides is 2. The van der Waals surface area contributed by atoms with Crippen LogP contribution in [0.2, 0.25) is 5.02 Å². The molecule has 0 spiro atoms. The monoisotopic (exact) mass is 556 g/mol. The van der Waals surface area contributed by atoms with Gasteiger partial charge in [-0.3, -0.25) is 10.6 Å². The Hall–Kier alpha value is -3.27. The number of hydrazine groups is 1. The number of nitrogens with zero attached hydrogens (tertiary/aromatic N) is 1. The molecule has 1 aliphatic rings. The normalized spacial score (nSPS) is 15.5. The van der Waals surface area contributed by atoms with E-state index in [1.54, 1.807) is 75.1 Å². The van der Waals surface area contributed by atoms with Crippen molar-refractivity contribution in [2.75, 3.05) is 16.1 Å². The van der Waals surface area contributed by atoms with Gasteiger partial charge in [0.25, 0.3) is 5.91 Å². The van der Waals surface area contributed by atoms with Gasteiger partial charge in [-0.25, -0.2) is 9.18 Å². The zero-order valence-electron chi connectivity index (χ0n) is 21.6. The standard InChI is InChI=1S/C28H30ClFN4O3S/c1-16-24(30)20(19-7-5-6-8-21(19)33-31)13-23-25(16)38-15-22(32-27(36)37-28(2,3)4)26(35)34(23)14-17-9-11-18(29)12-10-17/h5-13,22,33H,14-15,31H2,1-4H3,(H,32,36)/t22-/m0/s1.